The minimum atomic E-state index is -3.34. The fraction of sp³-hybridized carbons (Fsp3) is 0.364. The molecule has 0 aromatic heterocycles. The number of piperidine rings is 1. The molecule has 2 N–H and O–H groups in total. The lowest BCUT2D eigenvalue weighted by atomic mass is 9.98. The van der Waals surface area contributed by atoms with E-state index in [1.54, 1.807) is 24.3 Å². The van der Waals surface area contributed by atoms with Crippen molar-refractivity contribution < 1.29 is 18.0 Å². The van der Waals surface area contributed by atoms with Crippen LogP contribution in [-0.4, -0.2) is 43.9 Å². The Labute approximate surface area is 177 Å². The number of hydrogen-bond donors (Lipinski definition) is 2. The van der Waals surface area contributed by atoms with E-state index in [0.717, 1.165) is 11.8 Å². The second-order valence-electron chi connectivity index (χ2n) is 7.60. The van der Waals surface area contributed by atoms with Gasteiger partial charge < -0.3 is 10.6 Å². The Bertz CT molecular complexity index is 1010. The molecule has 0 unspecified atom stereocenters. The molecule has 0 radical (unpaired) electrons. The lowest BCUT2D eigenvalue weighted by Crippen LogP contribution is -2.43. The summed E-state index contributed by atoms with van der Waals surface area (Å²) in [6, 6.07) is 16.3. The molecule has 8 heteroatoms. The summed E-state index contributed by atoms with van der Waals surface area (Å²) in [6.07, 6.45) is 2.39. The van der Waals surface area contributed by atoms with Crippen molar-refractivity contribution >= 4 is 27.5 Å². The molecule has 3 rings (SSSR count). The molecular formula is C22H27N3O4S. The Morgan fingerprint density at radius 2 is 1.73 bits per heavy atom. The zero-order valence-corrected chi connectivity index (χ0v) is 18.0. The maximum absolute atomic E-state index is 12.8. The average molecular weight is 430 g/mol. The quantitative estimate of drug-likeness (QED) is 0.738. The molecule has 1 saturated heterocycles. The van der Waals surface area contributed by atoms with E-state index in [1.165, 1.54) is 4.31 Å². The van der Waals surface area contributed by atoms with Gasteiger partial charge in [0.2, 0.25) is 15.9 Å². The van der Waals surface area contributed by atoms with Crippen molar-refractivity contribution in [3.8, 4) is 0 Å². The molecule has 2 atom stereocenters. The van der Waals surface area contributed by atoms with Gasteiger partial charge in [0.1, 0.15) is 0 Å². The van der Waals surface area contributed by atoms with Crippen molar-refractivity contribution in [2.24, 2.45) is 5.92 Å². The number of anilines is 1. The summed E-state index contributed by atoms with van der Waals surface area (Å²) in [5, 5.41) is 5.78. The third-order valence-electron chi connectivity index (χ3n) is 5.30. The van der Waals surface area contributed by atoms with Crippen LogP contribution < -0.4 is 10.6 Å². The number of para-hydroxylation sites is 1. The largest absolute Gasteiger partial charge is 0.345 e. The first kappa shape index (κ1) is 22.0. The van der Waals surface area contributed by atoms with Gasteiger partial charge in [-0.1, -0.05) is 42.5 Å². The van der Waals surface area contributed by atoms with Gasteiger partial charge in [0, 0.05) is 13.1 Å². The smallest absolute Gasteiger partial charge is 0.253 e. The summed E-state index contributed by atoms with van der Waals surface area (Å²) in [6.45, 7) is 2.49. The summed E-state index contributed by atoms with van der Waals surface area (Å²) < 4.78 is 25.0. The van der Waals surface area contributed by atoms with Crippen molar-refractivity contribution in [2.75, 3.05) is 24.7 Å². The fourth-order valence-corrected chi connectivity index (χ4v) is 4.49. The van der Waals surface area contributed by atoms with Crippen LogP contribution in [-0.2, 0) is 14.8 Å². The Balaban J connectivity index is 1.70. The number of benzene rings is 2. The second kappa shape index (κ2) is 9.40. The maximum Gasteiger partial charge on any atom is 0.253 e. The van der Waals surface area contributed by atoms with Crippen LogP contribution in [0.3, 0.4) is 0 Å². The zero-order valence-electron chi connectivity index (χ0n) is 17.2. The average Bonchev–Trinajstić information content (AvgIpc) is 2.74. The minimum absolute atomic E-state index is 0.157. The van der Waals surface area contributed by atoms with Crippen molar-refractivity contribution in [1.29, 1.82) is 0 Å². The zero-order chi connectivity index (χ0) is 21.7. The highest BCUT2D eigenvalue weighted by Crippen LogP contribution is 2.23. The van der Waals surface area contributed by atoms with E-state index in [1.807, 2.05) is 37.3 Å². The number of carbonyl (C=O) groups excluding carboxylic acids is 2. The van der Waals surface area contributed by atoms with Crippen molar-refractivity contribution in [3.63, 3.8) is 0 Å². The highest BCUT2D eigenvalue weighted by molar-refractivity contribution is 7.88. The van der Waals surface area contributed by atoms with Crippen LogP contribution in [0.25, 0.3) is 0 Å². The number of sulfonamides is 1. The summed E-state index contributed by atoms with van der Waals surface area (Å²) in [4.78, 5) is 25.6. The molecule has 1 heterocycles. The lowest BCUT2D eigenvalue weighted by molar-refractivity contribution is -0.120. The monoisotopic (exact) mass is 429 g/mol. The van der Waals surface area contributed by atoms with Gasteiger partial charge in [0.15, 0.2) is 0 Å². The van der Waals surface area contributed by atoms with E-state index in [9.17, 15) is 18.0 Å². The van der Waals surface area contributed by atoms with E-state index in [4.69, 9.17) is 0 Å². The summed E-state index contributed by atoms with van der Waals surface area (Å²) >= 11 is 0. The molecule has 30 heavy (non-hydrogen) atoms. The number of carbonyl (C=O) groups is 2. The highest BCUT2D eigenvalue weighted by atomic mass is 32.2. The molecule has 2 aromatic carbocycles. The molecule has 160 valence electrons. The molecule has 1 aliphatic heterocycles. The number of nitrogens with one attached hydrogen (secondary N) is 2. The Morgan fingerprint density at radius 1 is 1.07 bits per heavy atom. The van der Waals surface area contributed by atoms with E-state index < -0.39 is 15.9 Å². The van der Waals surface area contributed by atoms with Crippen LogP contribution in [0, 0.1) is 5.92 Å². The number of amides is 2. The molecule has 1 aliphatic rings. The van der Waals surface area contributed by atoms with Crippen molar-refractivity contribution in [3.05, 3.63) is 65.7 Å². The first-order chi connectivity index (χ1) is 14.3. The highest BCUT2D eigenvalue weighted by Gasteiger charge is 2.30. The Morgan fingerprint density at radius 3 is 2.43 bits per heavy atom. The van der Waals surface area contributed by atoms with Gasteiger partial charge in [-0.15, -0.1) is 0 Å². The van der Waals surface area contributed by atoms with Gasteiger partial charge in [0.05, 0.1) is 29.5 Å². The number of nitrogens with zero attached hydrogens (tertiary/aromatic N) is 1. The second-order valence-corrected chi connectivity index (χ2v) is 9.58. The molecule has 0 spiro atoms. The van der Waals surface area contributed by atoms with Crippen LogP contribution in [0.1, 0.15) is 41.7 Å². The topological polar surface area (TPSA) is 95.6 Å². The third-order valence-corrected chi connectivity index (χ3v) is 6.57. The van der Waals surface area contributed by atoms with Crippen LogP contribution in [0.15, 0.2) is 54.6 Å². The van der Waals surface area contributed by atoms with Crippen LogP contribution >= 0.6 is 0 Å². The summed E-state index contributed by atoms with van der Waals surface area (Å²) in [7, 11) is -3.34. The molecule has 1 fully saturated rings. The van der Waals surface area contributed by atoms with E-state index in [0.29, 0.717) is 30.6 Å². The molecule has 0 bridgehead atoms. The molecule has 0 saturated carbocycles. The fourth-order valence-electron chi connectivity index (χ4n) is 3.58. The van der Waals surface area contributed by atoms with Gasteiger partial charge in [-0.05, 0) is 37.5 Å². The molecule has 2 amide bonds. The number of hydrogen-bond acceptors (Lipinski definition) is 4. The van der Waals surface area contributed by atoms with Gasteiger partial charge >= 0.3 is 0 Å². The van der Waals surface area contributed by atoms with E-state index >= 15 is 0 Å². The van der Waals surface area contributed by atoms with E-state index in [2.05, 4.69) is 10.6 Å². The standard InChI is InChI=1S/C22H27N3O4S/c1-16(17-9-4-3-5-10-17)23-22(27)19-12-6-7-13-20(19)24-21(26)18-11-8-14-25(15-18)30(2,28)29/h3-7,9-10,12-13,16,18H,8,11,14-15H2,1-2H3,(H,23,27)(H,24,26)/t16-,18-/m1/s1. The first-order valence-electron chi connectivity index (χ1n) is 9.96. The van der Waals surface area contributed by atoms with Gasteiger partial charge in [-0.2, -0.15) is 0 Å². The minimum Gasteiger partial charge on any atom is -0.345 e. The Hall–Kier alpha value is -2.71. The molecular weight excluding hydrogens is 402 g/mol. The molecule has 7 nitrogen and oxygen atoms in total. The predicted molar refractivity (Wildman–Crippen MR) is 117 cm³/mol. The van der Waals surface area contributed by atoms with Crippen LogP contribution in [0.4, 0.5) is 5.69 Å². The number of rotatable bonds is 6. The van der Waals surface area contributed by atoms with Gasteiger partial charge in [0.25, 0.3) is 5.91 Å². The normalized spacial score (nSPS) is 18.4. The predicted octanol–water partition coefficient (Wildman–Crippen LogP) is 2.79. The van der Waals surface area contributed by atoms with Crippen LogP contribution in [0.2, 0.25) is 0 Å². The maximum atomic E-state index is 12.8. The van der Waals surface area contributed by atoms with E-state index in [-0.39, 0.29) is 24.4 Å². The third kappa shape index (κ3) is 5.46. The first-order valence-corrected chi connectivity index (χ1v) is 11.8. The summed E-state index contributed by atoms with van der Waals surface area (Å²) in [5.41, 5.74) is 1.76. The SMILES string of the molecule is C[C@@H](NC(=O)c1ccccc1NC(=O)[C@@H]1CCCN(S(C)(=O)=O)C1)c1ccccc1. The van der Waals surface area contributed by atoms with Crippen LogP contribution in [0.5, 0.6) is 0 Å². The van der Waals surface area contributed by atoms with Gasteiger partial charge in [-0.25, -0.2) is 12.7 Å². The van der Waals surface area contributed by atoms with Gasteiger partial charge in [-0.3, -0.25) is 9.59 Å². The molecule has 2 aromatic rings. The van der Waals surface area contributed by atoms with Crippen molar-refractivity contribution in [2.45, 2.75) is 25.8 Å². The molecule has 0 aliphatic carbocycles. The lowest BCUT2D eigenvalue weighted by Gasteiger charge is -2.30. The van der Waals surface area contributed by atoms with Crippen molar-refractivity contribution in [1.82, 2.24) is 9.62 Å². The Kier molecular flexibility index (Phi) is 6.89. The summed E-state index contributed by atoms with van der Waals surface area (Å²) in [5.74, 6) is -1.02.